The number of hydrogen-bond acceptors (Lipinski definition) is 10. The summed E-state index contributed by atoms with van der Waals surface area (Å²) >= 11 is 0. The van der Waals surface area contributed by atoms with Crippen LogP contribution < -0.4 is 5.56 Å². The van der Waals surface area contributed by atoms with Crippen LogP contribution in [0.2, 0.25) is 0 Å². The monoisotopic (exact) mass is 437 g/mol. The van der Waals surface area contributed by atoms with Crippen LogP contribution in [-0.2, 0) is 11.3 Å². The molecule has 0 radical (unpaired) electrons. The van der Waals surface area contributed by atoms with Crippen molar-refractivity contribution in [2.24, 2.45) is 0 Å². The highest BCUT2D eigenvalue weighted by Gasteiger charge is 2.24. The van der Waals surface area contributed by atoms with E-state index in [4.69, 9.17) is 8.94 Å². The Morgan fingerprint density at radius 1 is 1.25 bits per heavy atom. The van der Waals surface area contributed by atoms with Gasteiger partial charge in [-0.15, -0.1) is 10.2 Å². The number of hydrogen-bond donors (Lipinski definition) is 0. The topological polar surface area (TPSA) is 156 Å². The van der Waals surface area contributed by atoms with Crippen LogP contribution in [0.3, 0.4) is 0 Å². The van der Waals surface area contributed by atoms with E-state index in [1.54, 1.807) is 6.92 Å². The zero-order valence-corrected chi connectivity index (χ0v) is 16.8. The number of carbonyl (C=O) groups excluding carboxylic acids is 1. The van der Waals surface area contributed by atoms with Crippen LogP contribution in [0.4, 0.5) is 5.69 Å². The van der Waals surface area contributed by atoms with Crippen molar-refractivity contribution in [1.29, 1.82) is 0 Å². The molecule has 0 unspecified atom stereocenters. The molecule has 0 atom stereocenters. The van der Waals surface area contributed by atoms with Crippen LogP contribution in [-0.4, -0.2) is 37.9 Å². The Bertz CT molecular complexity index is 1370. The van der Waals surface area contributed by atoms with Gasteiger partial charge in [-0.25, -0.2) is 4.79 Å². The molecule has 0 fully saturated rings. The molecule has 1 aromatic carbocycles. The molecular weight excluding hydrogens is 422 g/mol. The zero-order valence-electron chi connectivity index (χ0n) is 16.8. The summed E-state index contributed by atoms with van der Waals surface area (Å²) in [5.41, 5.74) is -0.130. The van der Waals surface area contributed by atoms with Crippen molar-refractivity contribution in [2.45, 2.75) is 13.5 Å². The van der Waals surface area contributed by atoms with Crippen molar-refractivity contribution in [3.8, 4) is 22.7 Å². The van der Waals surface area contributed by atoms with Gasteiger partial charge >= 0.3 is 17.2 Å². The van der Waals surface area contributed by atoms with E-state index in [0.717, 1.165) is 29.5 Å². The third-order valence-corrected chi connectivity index (χ3v) is 4.58. The minimum atomic E-state index is -0.937. The number of rotatable bonds is 6. The van der Waals surface area contributed by atoms with Crippen LogP contribution in [0.1, 0.15) is 22.0 Å². The van der Waals surface area contributed by atoms with Crippen molar-refractivity contribution >= 4 is 11.7 Å². The fourth-order valence-corrected chi connectivity index (χ4v) is 3.08. The highest BCUT2D eigenvalue weighted by molar-refractivity contribution is 5.89. The molecule has 162 valence electrons. The van der Waals surface area contributed by atoms with E-state index >= 15 is 0 Å². The Kier molecular flexibility index (Phi) is 5.33. The van der Waals surface area contributed by atoms with Gasteiger partial charge in [0.15, 0.2) is 0 Å². The van der Waals surface area contributed by atoms with E-state index in [1.165, 1.54) is 0 Å². The van der Waals surface area contributed by atoms with E-state index < -0.39 is 22.1 Å². The molecule has 0 aliphatic rings. The number of benzene rings is 1. The second-order valence-corrected chi connectivity index (χ2v) is 6.63. The predicted octanol–water partition coefficient (Wildman–Crippen LogP) is 2.60. The van der Waals surface area contributed by atoms with Crippen LogP contribution in [0, 0.1) is 17.0 Å². The lowest BCUT2D eigenvalue weighted by molar-refractivity contribution is -0.386. The second-order valence-electron chi connectivity index (χ2n) is 6.63. The van der Waals surface area contributed by atoms with E-state index in [2.05, 4.69) is 20.1 Å². The van der Waals surface area contributed by atoms with Gasteiger partial charge in [0.25, 0.3) is 5.89 Å². The molecule has 0 bridgehead atoms. The molecule has 0 amide bonds. The van der Waals surface area contributed by atoms with E-state index in [0.29, 0.717) is 17.0 Å². The van der Waals surface area contributed by atoms with Gasteiger partial charge in [0, 0.05) is 17.8 Å². The van der Waals surface area contributed by atoms with Crippen LogP contribution >= 0.6 is 0 Å². The first kappa shape index (κ1) is 20.7. The average molecular weight is 437 g/mol. The van der Waals surface area contributed by atoms with Gasteiger partial charge in [0.1, 0.15) is 23.6 Å². The molecule has 0 saturated heterocycles. The van der Waals surface area contributed by atoms with Crippen molar-refractivity contribution in [3.05, 3.63) is 80.3 Å². The molecule has 3 heterocycles. The highest BCUT2D eigenvalue weighted by atomic mass is 16.6. The van der Waals surface area contributed by atoms with Crippen LogP contribution in [0.15, 0.2) is 56.3 Å². The summed E-state index contributed by atoms with van der Waals surface area (Å²) < 4.78 is 16.5. The number of nitro groups is 1. The van der Waals surface area contributed by atoms with Crippen molar-refractivity contribution in [2.75, 3.05) is 7.11 Å². The highest BCUT2D eigenvalue weighted by Crippen LogP contribution is 2.33. The maximum Gasteiger partial charge on any atom is 0.339 e. The Hall–Kier alpha value is -4.61. The number of methoxy groups -OCH3 is 1. The van der Waals surface area contributed by atoms with Gasteiger partial charge in [-0.05, 0) is 6.92 Å². The summed E-state index contributed by atoms with van der Waals surface area (Å²) in [4.78, 5) is 34.7. The normalized spacial score (nSPS) is 10.8. The number of aryl methyl sites for hydroxylation is 1. The molecule has 12 nitrogen and oxygen atoms in total. The third kappa shape index (κ3) is 3.76. The van der Waals surface area contributed by atoms with Gasteiger partial charge in [0.05, 0.1) is 17.6 Å². The lowest BCUT2D eigenvalue weighted by Crippen LogP contribution is -2.24. The number of esters is 1. The van der Waals surface area contributed by atoms with Crippen molar-refractivity contribution < 1.29 is 23.4 Å². The lowest BCUT2D eigenvalue weighted by Gasteiger charge is -2.05. The number of pyridine rings is 1. The maximum atomic E-state index is 12.5. The van der Waals surface area contributed by atoms with Gasteiger partial charge in [-0.1, -0.05) is 35.5 Å². The van der Waals surface area contributed by atoms with Gasteiger partial charge in [-0.2, -0.15) is 0 Å². The number of nitrogens with zero attached hydrogens (tertiary/aromatic N) is 5. The van der Waals surface area contributed by atoms with E-state index in [-0.39, 0.29) is 23.9 Å². The Morgan fingerprint density at radius 2 is 2.00 bits per heavy atom. The minimum absolute atomic E-state index is 0.0157. The molecule has 4 aromatic rings. The maximum absolute atomic E-state index is 12.5. The largest absolute Gasteiger partial charge is 0.465 e. The molecule has 0 spiro atoms. The first-order valence-corrected chi connectivity index (χ1v) is 9.20. The fraction of sp³-hybridized carbons (Fsp3) is 0.150. The molecule has 32 heavy (non-hydrogen) atoms. The Morgan fingerprint density at radius 3 is 2.69 bits per heavy atom. The summed E-state index contributed by atoms with van der Waals surface area (Å²) in [5, 5.41) is 23.2. The summed E-state index contributed by atoms with van der Waals surface area (Å²) in [7, 11) is 1.12. The smallest absolute Gasteiger partial charge is 0.339 e. The number of carbonyl (C=O) groups is 1. The number of aromatic nitrogens is 4. The molecule has 0 aliphatic heterocycles. The zero-order chi connectivity index (χ0) is 22.8. The minimum Gasteiger partial charge on any atom is -0.465 e. The van der Waals surface area contributed by atoms with Crippen LogP contribution in [0.5, 0.6) is 0 Å². The van der Waals surface area contributed by atoms with E-state index in [9.17, 15) is 19.7 Å². The summed E-state index contributed by atoms with van der Waals surface area (Å²) in [6.07, 6.45) is 1.13. The molecular formula is C20H15N5O7. The first-order valence-electron chi connectivity index (χ1n) is 9.20. The summed E-state index contributed by atoms with van der Waals surface area (Å²) in [5.74, 6) is -0.303. The average Bonchev–Trinajstić information content (AvgIpc) is 3.41. The fourth-order valence-electron chi connectivity index (χ4n) is 3.08. The second kappa shape index (κ2) is 8.26. The van der Waals surface area contributed by atoms with Crippen molar-refractivity contribution in [1.82, 2.24) is 19.9 Å². The predicted molar refractivity (Wildman–Crippen MR) is 108 cm³/mol. The molecule has 0 saturated carbocycles. The Labute approximate surface area is 179 Å². The summed E-state index contributed by atoms with van der Waals surface area (Å²) in [6.45, 7) is 1.38. The van der Waals surface area contributed by atoms with Crippen molar-refractivity contribution in [3.63, 3.8) is 0 Å². The summed E-state index contributed by atoms with van der Waals surface area (Å²) in [6, 6.07) is 10.1. The SMILES string of the molecule is COC(=O)c1cc([N+](=O)[O-])c(=O)n(Cc2nnc(-c3c(-c4ccccc4)noc3C)o2)c1. The molecule has 4 rings (SSSR count). The van der Waals surface area contributed by atoms with Gasteiger partial charge in [-0.3, -0.25) is 19.5 Å². The standard InChI is InChI=1S/C20H15N5O7/c1-11-16(17(23-32-11)12-6-4-3-5-7-12)18-22-21-15(31-18)10-24-9-13(20(27)30-2)8-14(19(24)26)25(28)29/h3-9H,10H2,1-2H3. The Balaban J connectivity index is 1.72. The molecule has 0 aliphatic carbocycles. The first-order chi connectivity index (χ1) is 15.4. The molecule has 0 N–H and O–H groups in total. The van der Waals surface area contributed by atoms with Crippen LogP contribution in [0.25, 0.3) is 22.7 Å². The lowest BCUT2D eigenvalue weighted by atomic mass is 10.1. The van der Waals surface area contributed by atoms with Gasteiger partial charge in [0.2, 0.25) is 5.89 Å². The number of ether oxygens (including phenoxy) is 1. The quantitative estimate of drug-likeness (QED) is 0.249. The molecule has 3 aromatic heterocycles. The molecule has 12 heteroatoms. The van der Waals surface area contributed by atoms with Gasteiger partial charge < -0.3 is 13.7 Å². The third-order valence-electron chi connectivity index (χ3n) is 4.58. The van der Waals surface area contributed by atoms with E-state index in [1.807, 2.05) is 30.3 Å².